The molecule has 9 atom stereocenters. The van der Waals surface area contributed by atoms with Crippen LogP contribution in [0.25, 0.3) is 0 Å². The highest BCUT2D eigenvalue weighted by Gasteiger charge is 2.75. The first-order valence-corrected chi connectivity index (χ1v) is 15.1. The van der Waals surface area contributed by atoms with E-state index in [0.717, 1.165) is 35.1 Å². The van der Waals surface area contributed by atoms with Gasteiger partial charge in [-0.1, -0.05) is 49.8 Å². The van der Waals surface area contributed by atoms with Gasteiger partial charge in [0.2, 0.25) is 0 Å². The lowest BCUT2D eigenvalue weighted by atomic mass is 9.46. The number of Topliss-reactive ketones (excluding diaryl/α,β-unsaturated/α-hetero) is 1. The molecule has 3 N–H and O–H groups in total. The molecule has 2 heterocycles. The zero-order chi connectivity index (χ0) is 29.4. The molecule has 0 spiro atoms. The number of fused-ring (bicyclic) bond motifs is 7. The number of nitrogens with zero attached hydrogens (tertiary/aromatic N) is 1. The van der Waals surface area contributed by atoms with Crippen molar-refractivity contribution in [1.29, 1.82) is 0 Å². The van der Waals surface area contributed by atoms with Crippen molar-refractivity contribution >= 4 is 11.6 Å². The number of hydrogen-bond acceptors (Lipinski definition) is 7. The normalized spacial score (nSPS) is 40.2. The third-order valence-electron chi connectivity index (χ3n) is 11.4. The molecule has 5 aliphatic rings. The highest BCUT2D eigenvalue weighted by Crippen LogP contribution is 2.70. The quantitative estimate of drug-likeness (QED) is 0.483. The number of ether oxygens (including phenoxy) is 2. The first-order chi connectivity index (χ1) is 20.1. The number of carbonyl (C=O) groups excluding carboxylic acids is 2. The van der Waals surface area contributed by atoms with E-state index in [1.165, 1.54) is 0 Å². The lowest BCUT2D eigenvalue weighted by Crippen LogP contribution is -2.63. The monoisotopic (exact) mass is 573 g/mol. The molecule has 42 heavy (non-hydrogen) atoms. The second-order valence-electron chi connectivity index (χ2n) is 13.4. The van der Waals surface area contributed by atoms with E-state index in [9.17, 15) is 24.9 Å². The van der Waals surface area contributed by atoms with Gasteiger partial charge in [-0.05, 0) is 66.9 Å². The summed E-state index contributed by atoms with van der Waals surface area (Å²) in [7, 11) is 0. The molecule has 1 aromatic carbocycles. The largest absolute Gasteiger partial charge is 0.393 e. The average molecular weight is 574 g/mol. The molecule has 0 bridgehead atoms. The minimum atomic E-state index is -1.36. The van der Waals surface area contributed by atoms with E-state index in [1.807, 2.05) is 60.3 Å². The fourth-order valence-corrected chi connectivity index (χ4v) is 9.49. The van der Waals surface area contributed by atoms with Gasteiger partial charge in [0.25, 0.3) is 0 Å². The number of hydrogen-bond donors (Lipinski definition) is 3. The van der Waals surface area contributed by atoms with Crippen LogP contribution in [0, 0.1) is 28.6 Å². The van der Waals surface area contributed by atoms with Gasteiger partial charge >= 0.3 is 0 Å². The summed E-state index contributed by atoms with van der Waals surface area (Å²) in [6.07, 6.45) is 9.82. The fraction of sp³-hybridized carbons (Fsp3) is 0.529. The first kappa shape index (κ1) is 27.9. The van der Waals surface area contributed by atoms with Crippen molar-refractivity contribution in [1.82, 2.24) is 4.57 Å². The highest BCUT2D eigenvalue weighted by atomic mass is 16.7. The SMILES string of the molecule is C[C@]12C=CC(=O)C=C1CC[C@@H]1[C@@H]2[C@@H](O)C[C@@]2(C)[C@H]1C[C@H]1O[C@@H](c3ccn(Cc4ccc(CO)cc4)c3)O[C@]12C(=O)CO. The van der Waals surface area contributed by atoms with Gasteiger partial charge in [-0.3, -0.25) is 9.59 Å². The van der Waals surface area contributed by atoms with Gasteiger partial charge in [-0.25, -0.2) is 0 Å². The molecule has 0 radical (unpaired) electrons. The molecule has 2 aromatic rings. The van der Waals surface area contributed by atoms with Gasteiger partial charge in [0.1, 0.15) is 6.61 Å². The summed E-state index contributed by atoms with van der Waals surface area (Å²) < 4.78 is 15.3. The van der Waals surface area contributed by atoms with Crippen molar-refractivity contribution in [2.24, 2.45) is 28.6 Å². The standard InChI is InChI=1S/C34H39NO7/c1-32-11-9-24(38)13-23(32)7-8-25-26-14-29-34(28(40)19-37,33(26,2)15-27(39)30(25)32)42-31(41-29)22-10-12-35(17-22)16-20-3-5-21(18-36)6-4-20/h3-6,9-13,17,25-27,29-31,36-37,39H,7-8,14-16,18-19H2,1-2H3/t25-,26-,27-,29+,30+,31+,32-,33-,34+/m0/s1. The number of aromatic nitrogens is 1. The summed E-state index contributed by atoms with van der Waals surface area (Å²) in [5.74, 6) is -0.281. The van der Waals surface area contributed by atoms with E-state index < -0.39 is 41.5 Å². The third kappa shape index (κ3) is 3.85. The van der Waals surface area contributed by atoms with Crippen LogP contribution < -0.4 is 0 Å². The highest BCUT2D eigenvalue weighted by molar-refractivity contribution is 6.01. The number of carbonyl (C=O) groups is 2. The van der Waals surface area contributed by atoms with Gasteiger partial charge in [-0.15, -0.1) is 0 Å². The second kappa shape index (κ2) is 9.82. The van der Waals surface area contributed by atoms with Crippen molar-refractivity contribution in [3.63, 3.8) is 0 Å². The Balaban J connectivity index is 1.17. The minimum Gasteiger partial charge on any atom is -0.393 e. The van der Waals surface area contributed by atoms with Crippen molar-refractivity contribution in [2.45, 2.75) is 76.8 Å². The Hall–Kier alpha value is -2.88. The molecule has 4 aliphatic carbocycles. The van der Waals surface area contributed by atoms with Crippen LogP contribution in [0.1, 0.15) is 62.5 Å². The van der Waals surface area contributed by atoms with Crippen LogP contribution in [0.2, 0.25) is 0 Å². The third-order valence-corrected chi connectivity index (χ3v) is 11.4. The van der Waals surface area contributed by atoms with Gasteiger partial charge in [0.05, 0.1) is 18.8 Å². The molecule has 222 valence electrons. The number of aliphatic hydroxyl groups excluding tert-OH is 3. The summed E-state index contributed by atoms with van der Waals surface area (Å²) in [6.45, 7) is 4.16. The van der Waals surface area contributed by atoms with Crippen molar-refractivity contribution in [3.8, 4) is 0 Å². The maximum absolute atomic E-state index is 13.7. The Bertz CT molecular complexity index is 1470. The van der Waals surface area contributed by atoms with Crippen LogP contribution in [-0.4, -0.2) is 55.9 Å². The fourth-order valence-electron chi connectivity index (χ4n) is 9.49. The number of ketones is 2. The molecular formula is C34H39NO7. The topological polar surface area (TPSA) is 118 Å². The molecule has 0 amide bonds. The zero-order valence-electron chi connectivity index (χ0n) is 24.1. The van der Waals surface area contributed by atoms with E-state index >= 15 is 0 Å². The molecule has 8 nitrogen and oxygen atoms in total. The Morgan fingerprint density at radius 1 is 1.12 bits per heavy atom. The van der Waals surface area contributed by atoms with Crippen LogP contribution in [0.3, 0.4) is 0 Å². The van der Waals surface area contributed by atoms with Gasteiger partial charge in [0, 0.05) is 41.2 Å². The summed E-state index contributed by atoms with van der Waals surface area (Å²) in [5.41, 5.74) is 1.34. The molecule has 1 aliphatic heterocycles. The number of allylic oxidation sites excluding steroid dienone is 4. The van der Waals surface area contributed by atoms with Crippen LogP contribution in [0.4, 0.5) is 0 Å². The number of aliphatic hydroxyl groups is 3. The van der Waals surface area contributed by atoms with Crippen LogP contribution in [0.5, 0.6) is 0 Å². The van der Waals surface area contributed by atoms with E-state index in [0.29, 0.717) is 19.4 Å². The summed E-state index contributed by atoms with van der Waals surface area (Å²) in [6, 6.07) is 9.72. The molecule has 3 saturated carbocycles. The van der Waals surface area contributed by atoms with Gasteiger partial charge < -0.3 is 29.4 Å². The van der Waals surface area contributed by atoms with E-state index in [2.05, 4.69) is 6.92 Å². The van der Waals surface area contributed by atoms with E-state index in [1.54, 1.807) is 12.2 Å². The van der Waals surface area contributed by atoms with Crippen molar-refractivity contribution in [2.75, 3.05) is 6.61 Å². The summed E-state index contributed by atoms with van der Waals surface area (Å²) in [5, 5.41) is 31.3. The number of rotatable bonds is 6. The van der Waals surface area contributed by atoms with E-state index in [-0.39, 0.29) is 35.9 Å². The maximum Gasteiger partial charge on any atom is 0.193 e. The second-order valence-corrected chi connectivity index (χ2v) is 13.4. The molecular weight excluding hydrogens is 534 g/mol. The van der Waals surface area contributed by atoms with Gasteiger partial charge in [-0.2, -0.15) is 0 Å². The Morgan fingerprint density at radius 2 is 1.88 bits per heavy atom. The predicted molar refractivity (Wildman–Crippen MR) is 153 cm³/mol. The van der Waals surface area contributed by atoms with Crippen LogP contribution in [0.15, 0.2) is 66.5 Å². The Kier molecular flexibility index (Phi) is 6.53. The Morgan fingerprint density at radius 3 is 2.62 bits per heavy atom. The Labute approximate surface area is 245 Å². The molecule has 0 unspecified atom stereocenters. The smallest absolute Gasteiger partial charge is 0.193 e. The lowest BCUT2D eigenvalue weighted by Gasteiger charge is -2.59. The minimum absolute atomic E-state index is 0.000217. The molecule has 8 heteroatoms. The van der Waals surface area contributed by atoms with Crippen molar-refractivity contribution in [3.05, 3.63) is 83.2 Å². The van der Waals surface area contributed by atoms with E-state index in [4.69, 9.17) is 9.47 Å². The zero-order valence-corrected chi connectivity index (χ0v) is 24.1. The molecule has 4 fully saturated rings. The van der Waals surface area contributed by atoms with Gasteiger partial charge in [0.15, 0.2) is 23.5 Å². The first-order valence-electron chi connectivity index (χ1n) is 15.1. The van der Waals surface area contributed by atoms with Crippen LogP contribution >= 0.6 is 0 Å². The summed E-state index contributed by atoms with van der Waals surface area (Å²) in [4.78, 5) is 25.9. The predicted octanol–water partition coefficient (Wildman–Crippen LogP) is 3.63. The average Bonchev–Trinajstić information content (AvgIpc) is 3.66. The molecule has 1 saturated heterocycles. The maximum atomic E-state index is 13.7. The van der Waals surface area contributed by atoms with Crippen LogP contribution in [-0.2, 0) is 32.2 Å². The summed E-state index contributed by atoms with van der Waals surface area (Å²) >= 11 is 0. The van der Waals surface area contributed by atoms with Crippen molar-refractivity contribution < 1.29 is 34.4 Å². The molecule has 7 rings (SSSR count). The number of benzene rings is 1. The lowest BCUT2D eigenvalue weighted by molar-refractivity contribution is -0.201. The molecule has 1 aromatic heterocycles.